The zero-order chi connectivity index (χ0) is 13.7. The van der Waals surface area contributed by atoms with Gasteiger partial charge in [-0.25, -0.2) is 0 Å². The van der Waals surface area contributed by atoms with Gasteiger partial charge in [-0.1, -0.05) is 0 Å². The van der Waals surface area contributed by atoms with Crippen LogP contribution in [0.4, 0.5) is 0 Å². The maximum absolute atomic E-state index is 12.4. The molecule has 0 aliphatic carbocycles. The lowest BCUT2D eigenvalue weighted by Gasteiger charge is -2.16. The third kappa shape index (κ3) is 3.44. The van der Waals surface area contributed by atoms with Gasteiger partial charge in [0.1, 0.15) is 0 Å². The number of hydrogen-bond donors (Lipinski definition) is 1. The molecule has 0 radical (unpaired) electrons. The van der Waals surface area contributed by atoms with Gasteiger partial charge in [-0.2, -0.15) is 0 Å². The molecule has 0 fully saturated rings. The molecule has 0 bridgehead atoms. The van der Waals surface area contributed by atoms with Crippen molar-refractivity contribution in [3.63, 3.8) is 0 Å². The van der Waals surface area contributed by atoms with Crippen molar-refractivity contribution < 1.29 is 13.6 Å². The highest BCUT2D eigenvalue weighted by Gasteiger charge is 2.23. The summed E-state index contributed by atoms with van der Waals surface area (Å²) in [5.74, 6) is 0. The van der Waals surface area contributed by atoms with Crippen LogP contribution in [-0.2, 0) is 20.0 Å². The monoisotopic (exact) mass is 282 g/mol. The minimum Gasteiger partial charge on any atom is -0.361 e. The van der Waals surface area contributed by atoms with E-state index in [2.05, 4.69) is 9.97 Å². The van der Waals surface area contributed by atoms with E-state index in [9.17, 15) is 4.57 Å². The van der Waals surface area contributed by atoms with E-state index >= 15 is 0 Å². The largest absolute Gasteiger partial charge is 0.361 e. The molecule has 0 atom stereocenters. The van der Waals surface area contributed by atoms with E-state index in [1.54, 1.807) is 12.4 Å². The molecule has 0 aliphatic rings. The predicted molar refractivity (Wildman–Crippen MR) is 75.5 cm³/mol. The number of fused-ring (bicyclic) bond motifs is 1. The van der Waals surface area contributed by atoms with Crippen molar-refractivity contribution >= 4 is 18.5 Å². The Bertz CT molecular complexity index is 572. The first-order valence-electron chi connectivity index (χ1n) is 6.46. The minimum absolute atomic E-state index is 0.370. The molecule has 5 nitrogen and oxygen atoms in total. The summed E-state index contributed by atoms with van der Waals surface area (Å²) in [7, 11) is -2.99. The van der Waals surface area contributed by atoms with Crippen molar-refractivity contribution in [1.82, 2.24) is 9.97 Å². The number of H-pyrrole nitrogens is 1. The first-order chi connectivity index (χ1) is 9.18. The van der Waals surface area contributed by atoms with Gasteiger partial charge >= 0.3 is 7.60 Å². The lowest BCUT2D eigenvalue weighted by molar-refractivity contribution is 0.220. The van der Waals surface area contributed by atoms with Gasteiger partial charge in [-0.3, -0.25) is 9.55 Å². The molecule has 0 aromatic carbocycles. The van der Waals surface area contributed by atoms with Crippen molar-refractivity contribution in [2.45, 2.75) is 20.3 Å². The van der Waals surface area contributed by atoms with Crippen molar-refractivity contribution in [3.8, 4) is 0 Å². The average molecular weight is 282 g/mol. The molecule has 0 unspecified atom stereocenters. The standard InChI is InChI=1S/C13H19N2O3P/c1-3-17-19(16,18-4-2)8-6-12-10-14-9-11-5-7-15-13(11)12/h5,7,9-10,15H,3-4,6,8H2,1-2H3. The Balaban J connectivity index is 2.12. The first kappa shape index (κ1) is 14.3. The molecule has 2 heterocycles. The van der Waals surface area contributed by atoms with Gasteiger partial charge in [0.25, 0.3) is 0 Å². The molecule has 2 aromatic heterocycles. The molecule has 0 spiro atoms. The summed E-state index contributed by atoms with van der Waals surface area (Å²) >= 11 is 0. The Labute approximate surface area is 112 Å². The summed E-state index contributed by atoms with van der Waals surface area (Å²) in [6.45, 7) is 4.42. The van der Waals surface area contributed by atoms with Crippen LogP contribution in [0.25, 0.3) is 10.9 Å². The maximum atomic E-state index is 12.4. The molecular weight excluding hydrogens is 263 g/mol. The van der Waals surface area contributed by atoms with Crippen LogP contribution in [0.1, 0.15) is 19.4 Å². The highest BCUT2D eigenvalue weighted by atomic mass is 31.2. The minimum atomic E-state index is -2.99. The Morgan fingerprint density at radius 3 is 2.68 bits per heavy atom. The Kier molecular flexibility index (Phi) is 4.75. The zero-order valence-corrected chi connectivity index (χ0v) is 12.2. The van der Waals surface area contributed by atoms with Gasteiger partial charge in [-0.15, -0.1) is 0 Å². The van der Waals surface area contributed by atoms with Crippen molar-refractivity contribution in [1.29, 1.82) is 0 Å². The van der Waals surface area contributed by atoms with Gasteiger partial charge in [0.15, 0.2) is 0 Å². The van der Waals surface area contributed by atoms with Crippen LogP contribution in [0.3, 0.4) is 0 Å². The molecule has 0 saturated carbocycles. The van der Waals surface area contributed by atoms with E-state index in [-0.39, 0.29) is 0 Å². The fourth-order valence-corrected chi connectivity index (χ4v) is 3.68. The summed E-state index contributed by atoms with van der Waals surface area (Å²) in [5, 5.41) is 1.06. The lowest BCUT2D eigenvalue weighted by Crippen LogP contribution is -2.03. The average Bonchev–Trinajstić information content (AvgIpc) is 2.85. The number of rotatable bonds is 7. The fraction of sp³-hybridized carbons (Fsp3) is 0.462. The van der Waals surface area contributed by atoms with Gasteiger partial charge in [0.2, 0.25) is 0 Å². The summed E-state index contributed by atoms with van der Waals surface area (Å²) in [4.78, 5) is 7.36. The second kappa shape index (κ2) is 6.33. The number of nitrogens with one attached hydrogen (secondary N) is 1. The number of aromatic nitrogens is 2. The second-order valence-corrected chi connectivity index (χ2v) is 6.35. The van der Waals surface area contributed by atoms with Crippen molar-refractivity contribution in [2.75, 3.05) is 19.4 Å². The van der Waals surface area contributed by atoms with E-state index in [4.69, 9.17) is 9.05 Å². The normalized spacial score (nSPS) is 12.1. The third-order valence-corrected chi connectivity index (χ3v) is 4.93. The summed E-state index contributed by atoms with van der Waals surface area (Å²) < 4.78 is 23.0. The highest BCUT2D eigenvalue weighted by Crippen LogP contribution is 2.48. The van der Waals surface area contributed by atoms with Crippen molar-refractivity contribution in [2.24, 2.45) is 0 Å². The van der Waals surface area contributed by atoms with Crippen LogP contribution >= 0.6 is 7.60 Å². The van der Waals surface area contributed by atoms with E-state index in [0.29, 0.717) is 25.8 Å². The van der Waals surface area contributed by atoms with Gasteiger partial charge in [0.05, 0.1) is 24.9 Å². The highest BCUT2D eigenvalue weighted by molar-refractivity contribution is 7.53. The quantitative estimate of drug-likeness (QED) is 0.791. The summed E-state index contributed by atoms with van der Waals surface area (Å²) in [6.07, 6.45) is 6.46. The lowest BCUT2D eigenvalue weighted by atomic mass is 10.2. The van der Waals surface area contributed by atoms with Gasteiger partial charge < -0.3 is 14.0 Å². The zero-order valence-electron chi connectivity index (χ0n) is 11.3. The number of aryl methyl sites for hydroxylation is 1. The first-order valence-corrected chi connectivity index (χ1v) is 8.19. The molecule has 0 aliphatic heterocycles. The second-order valence-electron chi connectivity index (χ2n) is 4.16. The number of nitrogens with zero attached hydrogens (tertiary/aromatic N) is 1. The molecule has 2 rings (SSSR count). The maximum Gasteiger partial charge on any atom is 0.330 e. The van der Waals surface area contributed by atoms with Crippen LogP contribution in [0, 0.1) is 0 Å². The SMILES string of the molecule is CCOP(=O)(CCc1cncc2cc[nH]c12)OCC. The summed E-state index contributed by atoms with van der Waals surface area (Å²) in [5.41, 5.74) is 2.07. The Hall–Kier alpha value is -1.16. The van der Waals surface area contributed by atoms with Crippen LogP contribution in [-0.4, -0.2) is 29.3 Å². The number of hydrogen-bond acceptors (Lipinski definition) is 4. The molecule has 2 aromatic rings. The molecule has 0 amide bonds. The Morgan fingerprint density at radius 1 is 1.26 bits per heavy atom. The van der Waals surface area contributed by atoms with Crippen LogP contribution in [0.2, 0.25) is 0 Å². The fourth-order valence-electron chi connectivity index (χ4n) is 2.05. The van der Waals surface area contributed by atoms with Crippen LogP contribution in [0.15, 0.2) is 24.7 Å². The predicted octanol–water partition coefficient (Wildman–Crippen LogP) is 3.37. The molecule has 19 heavy (non-hydrogen) atoms. The molecular formula is C13H19N2O3P. The third-order valence-electron chi connectivity index (χ3n) is 2.85. The number of aromatic amines is 1. The van der Waals surface area contributed by atoms with Gasteiger partial charge in [0, 0.05) is 24.0 Å². The van der Waals surface area contributed by atoms with Gasteiger partial charge in [-0.05, 0) is 31.9 Å². The van der Waals surface area contributed by atoms with Crippen LogP contribution < -0.4 is 0 Å². The van der Waals surface area contributed by atoms with E-state index < -0.39 is 7.60 Å². The number of pyridine rings is 1. The van der Waals surface area contributed by atoms with E-state index in [1.807, 2.05) is 26.1 Å². The van der Waals surface area contributed by atoms with E-state index in [0.717, 1.165) is 16.5 Å². The topological polar surface area (TPSA) is 64.2 Å². The summed E-state index contributed by atoms with van der Waals surface area (Å²) in [6, 6.07) is 1.97. The Morgan fingerprint density at radius 2 is 2.00 bits per heavy atom. The molecule has 104 valence electrons. The van der Waals surface area contributed by atoms with Crippen LogP contribution in [0.5, 0.6) is 0 Å². The van der Waals surface area contributed by atoms with E-state index in [1.165, 1.54) is 0 Å². The smallest absolute Gasteiger partial charge is 0.330 e. The molecule has 1 N–H and O–H groups in total. The molecule has 0 saturated heterocycles. The van der Waals surface area contributed by atoms with Crippen molar-refractivity contribution in [3.05, 3.63) is 30.2 Å². The molecule has 6 heteroatoms.